The number of H-pyrrole nitrogens is 1. The highest BCUT2D eigenvalue weighted by atomic mass is 19.1. The topological polar surface area (TPSA) is 44.9 Å². The minimum atomic E-state index is -0.632. The highest BCUT2D eigenvalue weighted by molar-refractivity contribution is 5.88. The summed E-state index contributed by atoms with van der Waals surface area (Å²) in [6.45, 7) is 4.73. The molecular formula is C23H26F2N2O. The molecule has 148 valence electrons. The number of carbonyl (C=O) groups excluding carboxylic acids is 1. The van der Waals surface area contributed by atoms with Gasteiger partial charge in [0.1, 0.15) is 11.6 Å². The van der Waals surface area contributed by atoms with E-state index < -0.39 is 17.6 Å². The van der Waals surface area contributed by atoms with Gasteiger partial charge in [0.05, 0.1) is 0 Å². The Morgan fingerprint density at radius 2 is 1.96 bits per heavy atom. The molecular weight excluding hydrogens is 358 g/mol. The van der Waals surface area contributed by atoms with Gasteiger partial charge in [-0.2, -0.15) is 0 Å². The molecule has 0 radical (unpaired) electrons. The number of hydrogen-bond acceptors (Lipinski definition) is 1. The van der Waals surface area contributed by atoms with E-state index in [1.165, 1.54) is 12.1 Å². The van der Waals surface area contributed by atoms with Crippen LogP contribution in [0.25, 0.3) is 10.9 Å². The van der Waals surface area contributed by atoms with Crippen LogP contribution in [0.3, 0.4) is 0 Å². The smallest absolute Gasteiger partial charge is 0.220 e. The average molecular weight is 384 g/mol. The average Bonchev–Trinajstić information content (AvgIpc) is 3.11. The molecule has 2 aromatic carbocycles. The Hall–Kier alpha value is -2.69. The van der Waals surface area contributed by atoms with Gasteiger partial charge in [-0.25, -0.2) is 8.78 Å². The molecule has 3 aromatic rings. The van der Waals surface area contributed by atoms with E-state index in [0.717, 1.165) is 47.4 Å². The van der Waals surface area contributed by atoms with Crippen LogP contribution in [0.2, 0.25) is 0 Å². The van der Waals surface area contributed by atoms with Crippen molar-refractivity contribution in [3.8, 4) is 0 Å². The molecule has 0 aliphatic rings. The van der Waals surface area contributed by atoms with Crippen LogP contribution in [0.5, 0.6) is 0 Å². The second kappa shape index (κ2) is 9.00. The molecule has 5 heteroatoms. The summed E-state index contributed by atoms with van der Waals surface area (Å²) in [5.74, 6) is -1.89. The van der Waals surface area contributed by atoms with Crippen LogP contribution in [0, 0.1) is 11.6 Å². The molecule has 1 atom stereocenters. The Bertz CT molecular complexity index is 964. The van der Waals surface area contributed by atoms with Crippen molar-refractivity contribution in [3.63, 3.8) is 0 Å². The number of fused-ring (bicyclic) bond motifs is 1. The third kappa shape index (κ3) is 4.24. The fourth-order valence-electron chi connectivity index (χ4n) is 3.66. The van der Waals surface area contributed by atoms with Gasteiger partial charge in [-0.15, -0.1) is 0 Å². The van der Waals surface area contributed by atoms with Crippen LogP contribution in [0.1, 0.15) is 55.7 Å². The van der Waals surface area contributed by atoms with Gasteiger partial charge in [0.15, 0.2) is 0 Å². The number of aromatic nitrogens is 1. The Kier molecular flexibility index (Phi) is 6.45. The van der Waals surface area contributed by atoms with Crippen molar-refractivity contribution in [3.05, 3.63) is 70.9 Å². The monoisotopic (exact) mass is 384 g/mol. The van der Waals surface area contributed by atoms with Crippen molar-refractivity contribution >= 4 is 16.8 Å². The second-order valence-corrected chi connectivity index (χ2v) is 7.06. The molecule has 0 aliphatic carbocycles. The number of rotatable bonds is 8. The third-order valence-electron chi connectivity index (χ3n) is 5.17. The molecule has 2 N–H and O–H groups in total. The zero-order valence-electron chi connectivity index (χ0n) is 16.3. The van der Waals surface area contributed by atoms with E-state index >= 15 is 0 Å². The second-order valence-electron chi connectivity index (χ2n) is 7.06. The van der Waals surface area contributed by atoms with Crippen LogP contribution >= 0.6 is 0 Å². The molecule has 0 bridgehead atoms. The normalized spacial score (nSPS) is 12.3. The van der Waals surface area contributed by atoms with Crippen molar-refractivity contribution in [2.24, 2.45) is 0 Å². The largest absolute Gasteiger partial charge is 0.361 e. The van der Waals surface area contributed by atoms with Crippen molar-refractivity contribution in [2.45, 2.75) is 45.4 Å². The first kappa shape index (κ1) is 20.1. The SMILES string of the molecule is CCCCNC(=O)CC(c1ccc(F)cc1F)c1c[nH]c2c(CC)cccc12. The predicted molar refractivity (Wildman–Crippen MR) is 108 cm³/mol. The molecule has 3 rings (SSSR count). The lowest BCUT2D eigenvalue weighted by molar-refractivity contribution is -0.121. The summed E-state index contributed by atoms with van der Waals surface area (Å²) in [4.78, 5) is 15.8. The van der Waals surface area contributed by atoms with E-state index in [-0.39, 0.29) is 12.3 Å². The maximum atomic E-state index is 14.6. The standard InChI is InChI=1S/C23H26F2N2O/c1-3-5-11-26-22(28)13-19(17-10-9-16(24)12-21(17)25)20-14-27-23-15(4-2)7-6-8-18(20)23/h6-10,12,14,19,27H,3-5,11,13H2,1-2H3,(H,26,28). The molecule has 0 aliphatic heterocycles. The number of aromatic amines is 1. The lowest BCUT2D eigenvalue weighted by Crippen LogP contribution is -2.26. The first-order chi connectivity index (χ1) is 13.5. The minimum absolute atomic E-state index is 0.107. The van der Waals surface area contributed by atoms with E-state index in [4.69, 9.17) is 0 Å². The summed E-state index contributed by atoms with van der Waals surface area (Å²) < 4.78 is 28.1. The number of para-hydroxylation sites is 1. The number of carbonyl (C=O) groups is 1. The molecule has 0 saturated carbocycles. The molecule has 1 unspecified atom stereocenters. The molecule has 1 heterocycles. The van der Waals surface area contributed by atoms with Gasteiger partial charge < -0.3 is 10.3 Å². The zero-order chi connectivity index (χ0) is 20.1. The first-order valence-corrected chi connectivity index (χ1v) is 9.85. The van der Waals surface area contributed by atoms with Crippen LogP contribution in [-0.2, 0) is 11.2 Å². The van der Waals surface area contributed by atoms with Crippen LogP contribution < -0.4 is 5.32 Å². The van der Waals surface area contributed by atoms with E-state index in [1.54, 1.807) is 0 Å². The lowest BCUT2D eigenvalue weighted by Gasteiger charge is -2.18. The highest BCUT2D eigenvalue weighted by Crippen LogP contribution is 2.35. The number of amides is 1. The Balaban J connectivity index is 2.02. The van der Waals surface area contributed by atoms with E-state index in [2.05, 4.69) is 24.1 Å². The van der Waals surface area contributed by atoms with Crippen molar-refractivity contribution in [2.75, 3.05) is 6.54 Å². The van der Waals surface area contributed by atoms with Crippen LogP contribution in [-0.4, -0.2) is 17.4 Å². The molecule has 28 heavy (non-hydrogen) atoms. The summed E-state index contributed by atoms with van der Waals surface area (Å²) in [5, 5.41) is 3.87. The zero-order valence-corrected chi connectivity index (χ0v) is 16.3. The van der Waals surface area contributed by atoms with E-state index in [0.29, 0.717) is 12.1 Å². The van der Waals surface area contributed by atoms with Crippen LogP contribution in [0.4, 0.5) is 8.78 Å². The van der Waals surface area contributed by atoms with Gasteiger partial charge in [0, 0.05) is 42.0 Å². The Morgan fingerprint density at radius 1 is 1.14 bits per heavy atom. The molecule has 1 aromatic heterocycles. The lowest BCUT2D eigenvalue weighted by atomic mass is 9.87. The quantitative estimate of drug-likeness (QED) is 0.499. The summed E-state index contributed by atoms with van der Waals surface area (Å²) in [7, 11) is 0. The van der Waals surface area contributed by atoms with Gasteiger partial charge in [0.2, 0.25) is 5.91 Å². The van der Waals surface area contributed by atoms with Gasteiger partial charge >= 0.3 is 0 Å². The van der Waals surface area contributed by atoms with Gasteiger partial charge in [0.25, 0.3) is 0 Å². The summed E-state index contributed by atoms with van der Waals surface area (Å²) in [5.41, 5.74) is 3.34. The van der Waals surface area contributed by atoms with Crippen molar-refractivity contribution in [1.29, 1.82) is 0 Å². The fourth-order valence-corrected chi connectivity index (χ4v) is 3.66. The minimum Gasteiger partial charge on any atom is -0.361 e. The van der Waals surface area contributed by atoms with Gasteiger partial charge in [-0.3, -0.25) is 4.79 Å². The summed E-state index contributed by atoms with van der Waals surface area (Å²) >= 11 is 0. The Labute approximate surface area is 164 Å². The van der Waals surface area contributed by atoms with E-state index in [1.807, 2.05) is 24.4 Å². The number of unbranched alkanes of at least 4 members (excludes halogenated alkanes) is 1. The number of benzene rings is 2. The third-order valence-corrected chi connectivity index (χ3v) is 5.17. The molecule has 0 spiro atoms. The first-order valence-electron chi connectivity index (χ1n) is 9.85. The molecule has 3 nitrogen and oxygen atoms in total. The molecule has 0 saturated heterocycles. The number of aryl methyl sites for hydroxylation is 1. The predicted octanol–water partition coefficient (Wildman–Crippen LogP) is 5.45. The Morgan fingerprint density at radius 3 is 2.68 bits per heavy atom. The fraction of sp³-hybridized carbons (Fsp3) is 0.348. The van der Waals surface area contributed by atoms with Crippen molar-refractivity contribution < 1.29 is 13.6 Å². The highest BCUT2D eigenvalue weighted by Gasteiger charge is 2.24. The maximum Gasteiger partial charge on any atom is 0.220 e. The number of hydrogen-bond donors (Lipinski definition) is 2. The maximum absolute atomic E-state index is 14.6. The van der Waals surface area contributed by atoms with Crippen molar-refractivity contribution in [1.82, 2.24) is 10.3 Å². The van der Waals surface area contributed by atoms with Gasteiger partial charge in [-0.1, -0.05) is 44.5 Å². The van der Waals surface area contributed by atoms with E-state index in [9.17, 15) is 13.6 Å². The molecule has 0 fully saturated rings. The van der Waals surface area contributed by atoms with Gasteiger partial charge in [-0.05, 0) is 35.6 Å². The summed E-state index contributed by atoms with van der Waals surface area (Å²) in [6.07, 6.45) is 4.70. The molecule has 1 amide bonds. The number of nitrogens with one attached hydrogen (secondary N) is 2. The number of halogens is 2. The van der Waals surface area contributed by atoms with Crippen LogP contribution in [0.15, 0.2) is 42.6 Å². The summed E-state index contributed by atoms with van der Waals surface area (Å²) in [6, 6.07) is 9.56.